The molecule has 0 atom stereocenters. The highest BCUT2D eigenvalue weighted by Gasteiger charge is 2.23. The SMILES string of the molecule is O=C(c1ccn2ncnc2c1)N1CCc2cc(=O)n(-c3ccc(F)cc3)cc2C1. The summed E-state index contributed by atoms with van der Waals surface area (Å²) in [5.41, 5.74) is 3.40. The number of halogens is 1. The molecule has 1 aromatic carbocycles. The van der Waals surface area contributed by atoms with Crippen LogP contribution in [-0.2, 0) is 13.0 Å². The summed E-state index contributed by atoms with van der Waals surface area (Å²) in [7, 11) is 0. The molecule has 1 aliphatic heterocycles. The van der Waals surface area contributed by atoms with Crippen LogP contribution < -0.4 is 5.56 Å². The molecule has 144 valence electrons. The second kappa shape index (κ2) is 6.66. The van der Waals surface area contributed by atoms with E-state index in [1.54, 1.807) is 52.1 Å². The van der Waals surface area contributed by atoms with Gasteiger partial charge in [0.15, 0.2) is 5.65 Å². The molecule has 1 aliphatic rings. The summed E-state index contributed by atoms with van der Waals surface area (Å²) in [6, 6.07) is 10.8. The molecule has 0 saturated carbocycles. The van der Waals surface area contributed by atoms with Crippen LogP contribution in [0.15, 0.2) is 66.0 Å². The Balaban J connectivity index is 1.46. The highest BCUT2D eigenvalue weighted by Crippen LogP contribution is 2.21. The van der Waals surface area contributed by atoms with Crippen molar-refractivity contribution in [3.05, 3.63) is 94.0 Å². The highest BCUT2D eigenvalue weighted by molar-refractivity contribution is 5.95. The van der Waals surface area contributed by atoms with Crippen molar-refractivity contribution in [2.45, 2.75) is 13.0 Å². The number of benzene rings is 1. The van der Waals surface area contributed by atoms with Crippen LogP contribution in [0, 0.1) is 5.82 Å². The number of rotatable bonds is 2. The fourth-order valence-corrected chi connectivity index (χ4v) is 3.64. The number of hydrogen-bond acceptors (Lipinski definition) is 4. The van der Waals surface area contributed by atoms with Crippen molar-refractivity contribution in [3.63, 3.8) is 0 Å². The van der Waals surface area contributed by atoms with Crippen LogP contribution >= 0.6 is 0 Å². The molecule has 0 N–H and O–H groups in total. The standard InChI is InChI=1S/C21H16FN5O2/c22-17-1-3-18(4-2-17)26-12-16-11-25(7-5-14(16)10-20(26)28)21(29)15-6-8-27-19(9-15)23-13-24-27/h1-4,6,8-10,12-13H,5,7,11H2. The van der Waals surface area contributed by atoms with E-state index >= 15 is 0 Å². The number of aromatic nitrogens is 4. The van der Waals surface area contributed by atoms with Gasteiger partial charge in [-0.2, -0.15) is 5.10 Å². The molecule has 7 nitrogen and oxygen atoms in total. The first-order valence-electron chi connectivity index (χ1n) is 9.17. The van der Waals surface area contributed by atoms with Gasteiger partial charge >= 0.3 is 0 Å². The van der Waals surface area contributed by atoms with Crippen LogP contribution in [0.3, 0.4) is 0 Å². The molecule has 8 heteroatoms. The topological polar surface area (TPSA) is 72.5 Å². The van der Waals surface area contributed by atoms with E-state index in [2.05, 4.69) is 10.1 Å². The summed E-state index contributed by atoms with van der Waals surface area (Å²) in [6.45, 7) is 0.928. The van der Waals surface area contributed by atoms with Crippen molar-refractivity contribution in [2.75, 3.05) is 6.54 Å². The number of pyridine rings is 2. The van der Waals surface area contributed by atoms with Gasteiger partial charge in [0, 0.05) is 42.8 Å². The van der Waals surface area contributed by atoms with Gasteiger partial charge in [-0.25, -0.2) is 13.9 Å². The Morgan fingerprint density at radius 2 is 1.90 bits per heavy atom. The molecule has 0 spiro atoms. The lowest BCUT2D eigenvalue weighted by Crippen LogP contribution is -2.37. The Morgan fingerprint density at radius 1 is 1.07 bits per heavy atom. The molecule has 0 saturated heterocycles. The zero-order chi connectivity index (χ0) is 20.0. The normalized spacial score (nSPS) is 13.5. The molecule has 3 aromatic heterocycles. The van der Waals surface area contributed by atoms with Gasteiger partial charge in [-0.05, 0) is 53.9 Å². The van der Waals surface area contributed by atoms with E-state index in [1.165, 1.54) is 23.0 Å². The molecule has 0 aliphatic carbocycles. The van der Waals surface area contributed by atoms with E-state index in [0.717, 1.165) is 11.1 Å². The van der Waals surface area contributed by atoms with E-state index in [4.69, 9.17) is 0 Å². The number of carbonyl (C=O) groups excluding carboxylic acids is 1. The van der Waals surface area contributed by atoms with Crippen LogP contribution in [0.1, 0.15) is 21.5 Å². The van der Waals surface area contributed by atoms with Gasteiger partial charge in [-0.3, -0.25) is 14.2 Å². The highest BCUT2D eigenvalue weighted by atomic mass is 19.1. The van der Waals surface area contributed by atoms with E-state index < -0.39 is 0 Å². The fourth-order valence-electron chi connectivity index (χ4n) is 3.64. The average Bonchev–Trinajstić information content (AvgIpc) is 3.21. The van der Waals surface area contributed by atoms with Crippen molar-refractivity contribution >= 4 is 11.6 Å². The molecule has 0 bridgehead atoms. The minimum absolute atomic E-state index is 0.0966. The van der Waals surface area contributed by atoms with Gasteiger partial charge < -0.3 is 4.90 Å². The molecule has 0 radical (unpaired) electrons. The lowest BCUT2D eigenvalue weighted by Gasteiger charge is -2.29. The zero-order valence-corrected chi connectivity index (χ0v) is 15.3. The molecule has 5 rings (SSSR count). The van der Waals surface area contributed by atoms with Crippen molar-refractivity contribution < 1.29 is 9.18 Å². The average molecular weight is 389 g/mol. The minimum atomic E-state index is -0.360. The predicted molar refractivity (Wildman–Crippen MR) is 103 cm³/mol. The maximum atomic E-state index is 13.2. The molecule has 1 amide bonds. The van der Waals surface area contributed by atoms with Gasteiger partial charge in [-0.1, -0.05) is 0 Å². The number of carbonyl (C=O) groups is 1. The summed E-state index contributed by atoms with van der Waals surface area (Å²) >= 11 is 0. The lowest BCUT2D eigenvalue weighted by molar-refractivity contribution is 0.0734. The summed E-state index contributed by atoms with van der Waals surface area (Å²) in [5, 5.41) is 4.04. The van der Waals surface area contributed by atoms with Gasteiger partial charge in [0.25, 0.3) is 11.5 Å². The Morgan fingerprint density at radius 3 is 2.72 bits per heavy atom. The second-order valence-electron chi connectivity index (χ2n) is 6.96. The Kier molecular flexibility index (Phi) is 3.97. The van der Waals surface area contributed by atoms with E-state index in [-0.39, 0.29) is 17.3 Å². The Bertz CT molecular complexity index is 1290. The third-order valence-electron chi connectivity index (χ3n) is 5.16. The lowest BCUT2D eigenvalue weighted by atomic mass is 10.0. The smallest absolute Gasteiger partial charge is 0.255 e. The van der Waals surface area contributed by atoms with Crippen molar-refractivity contribution in [3.8, 4) is 5.69 Å². The third kappa shape index (κ3) is 3.08. The first-order valence-corrected chi connectivity index (χ1v) is 9.17. The zero-order valence-electron chi connectivity index (χ0n) is 15.3. The third-order valence-corrected chi connectivity index (χ3v) is 5.16. The van der Waals surface area contributed by atoms with E-state index in [9.17, 15) is 14.0 Å². The monoisotopic (exact) mass is 389 g/mol. The molecular weight excluding hydrogens is 373 g/mol. The van der Waals surface area contributed by atoms with E-state index in [0.29, 0.717) is 36.4 Å². The van der Waals surface area contributed by atoms with Crippen molar-refractivity contribution in [1.82, 2.24) is 24.1 Å². The first kappa shape index (κ1) is 17.3. The maximum Gasteiger partial charge on any atom is 0.255 e. The van der Waals surface area contributed by atoms with Crippen molar-refractivity contribution in [1.29, 1.82) is 0 Å². The Labute approximate surface area is 164 Å². The number of hydrogen-bond donors (Lipinski definition) is 0. The van der Waals surface area contributed by atoms with Gasteiger partial charge in [0.2, 0.25) is 0 Å². The quantitative estimate of drug-likeness (QED) is 0.527. The number of fused-ring (bicyclic) bond motifs is 2. The Hall–Kier alpha value is -3.81. The summed E-state index contributed by atoms with van der Waals surface area (Å²) in [6.07, 6.45) is 5.49. The van der Waals surface area contributed by atoms with Gasteiger partial charge in [0.05, 0.1) is 0 Å². The number of amides is 1. The molecule has 4 heterocycles. The molecule has 29 heavy (non-hydrogen) atoms. The molecule has 0 unspecified atom stereocenters. The fraction of sp³-hybridized carbons (Fsp3) is 0.143. The largest absolute Gasteiger partial charge is 0.334 e. The first-order chi connectivity index (χ1) is 14.1. The van der Waals surface area contributed by atoms with Crippen LogP contribution in [-0.4, -0.2) is 36.5 Å². The summed E-state index contributed by atoms with van der Waals surface area (Å²) in [5.74, 6) is -0.457. The molecule has 0 fully saturated rings. The summed E-state index contributed by atoms with van der Waals surface area (Å²) in [4.78, 5) is 31.4. The van der Waals surface area contributed by atoms with Gasteiger partial charge in [-0.15, -0.1) is 0 Å². The van der Waals surface area contributed by atoms with E-state index in [1.807, 2.05) is 0 Å². The van der Waals surface area contributed by atoms with Crippen LogP contribution in [0.25, 0.3) is 11.3 Å². The summed E-state index contributed by atoms with van der Waals surface area (Å²) < 4.78 is 16.3. The van der Waals surface area contributed by atoms with Crippen LogP contribution in [0.5, 0.6) is 0 Å². The molecule has 4 aromatic rings. The minimum Gasteiger partial charge on any atom is -0.334 e. The van der Waals surface area contributed by atoms with Crippen molar-refractivity contribution in [2.24, 2.45) is 0 Å². The van der Waals surface area contributed by atoms with Crippen LogP contribution in [0.2, 0.25) is 0 Å². The van der Waals surface area contributed by atoms with Crippen LogP contribution in [0.4, 0.5) is 4.39 Å². The predicted octanol–water partition coefficient (Wildman–Crippen LogP) is 2.22. The molecular formula is C21H16FN5O2. The maximum absolute atomic E-state index is 13.2. The van der Waals surface area contributed by atoms with Gasteiger partial charge in [0.1, 0.15) is 12.1 Å². The number of nitrogens with zero attached hydrogens (tertiary/aromatic N) is 5. The second-order valence-corrected chi connectivity index (χ2v) is 6.96.